The Kier molecular flexibility index (Phi) is 7.43. The zero-order valence-corrected chi connectivity index (χ0v) is 20.4. The van der Waals surface area contributed by atoms with Gasteiger partial charge in [-0.1, -0.05) is 72.4 Å². The van der Waals surface area contributed by atoms with Crippen LogP contribution >= 0.6 is 11.8 Å². The molecule has 4 aromatic rings. The van der Waals surface area contributed by atoms with Crippen LogP contribution in [-0.4, -0.2) is 38.7 Å². The molecular formula is C27H27N3O3S. The Hall–Kier alpha value is -3.45. The van der Waals surface area contributed by atoms with E-state index in [1.807, 2.05) is 54.8 Å². The van der Waals surface area contributed by atoms with E-state index in [-0.39, 0.29) is 24.6 Å². The van der Waals surface area contributed by atoms with Crippen molar-refractivity contribution in [3.05, 3.63) is 83.2 Å². The molecule has 0 spiro atoms. The molecule has 0 unspecified atom stereocenters. The summed E-state index contributed by atoms with van der Waals surface area (Å²) in [5.74, 6) is -0.516. The van der Waals surface area contributed by atoms with Crippen LogP contribution in [0.5, 0.6) is 0 Å². The molecule has 0 aliphatic rings. The van der Waals surface area contributed by atoms with E-state index in [4.69, 9.17) is 14.8 Å². The fourth-order valence-electron chi connectivity index (χ4n) is 3.94. The highest BCUT2D eigenvalue weighted by atomic mass is 32.2. The largest absolute Gasteiger partial charge is 0.466 e. The Labute approximate surface area is 203 Å². The summed E-state index contributed by atoms with van der Waals surface area (Å²) in [5.41, 5.74) is 6.73. The predicted octanol–water partition coefficient (Wildman–Crippen LogP) is 5.22. The molecule has 2 aromatic heterocycles. The smallest absolute Gasteiger partial charge is 0.313 e. The molecular weight excluding hydrogens is 446 g/mol. The highest BCUT2D eigenvalue weighted by Gasteiger charge is 2.22. The third-order valence-corrected chi connectivity index (χ3v) is 6.66. The van der Waals surface area contributed by atoms with Crippen molar-refractivity contribution < 1.29 is 14.3 Å². The number of esters is 1. The third-order valence-electron chi connectivity index (χ3n) is 5.50. The van der Waals surface area contributed by atoms with E-state index >= 15 is 0 Å². The molecule has 0 radical (unpaired) electrons. The predicted molar refractivity (Wildman–Crippen MR) is 134 cm³/mol. The molecule has 0 atom stereocenters. The van der Waals surface area contributed by atoms with E-state index in [1.54, 1.807) is 6.92 Å². The molecule has 0 aliphatic carbocycles. The summed E-state index contributed by atoms with van der Waals surface area (Å²) in [6, 6.07) is 20.2. The number of ether oxygens (including phenoxy) is 1. The first-order valence-electron chi connectivity index (χ1n) is 11.3. The first-order valence-corrected chi connectivity index (χ1v) is 12.2. The highest BCUT2D eigenvalue weighted by molar-refractivity contribution is 8.00. The average molecular weight is 474 g/mol. The van der Waals surface area contributed by atoms with Crippen molar-refractivity contribution in [2.75, 3.05) is 12.4 Å². The summed E-state index contributed by atoms with van der Waals surface area (Å²) in [6.45, 7) is 5.97. The lowest BCUT2D eigenvalue weighted by molar-refractivity contribution is -0.145. The van der Waals surface area contributed by atoms with Crippen molar-refractivity contribution in [3.8, 4) is 11.1 Å². The monoisotopic (exact) mass is 473 g/mol. The molecule has 2 heterocycles. The Morgan fingerprint density at radius 1 is 0.971 bits per heavy atom. The maximum Gasteiger partial charge on any atom is 0.313 e. The number of thioether (sulfide) groups is 1. The van der Waals surface area contributed by atoms with Gasteiger partial charge in [-0.2, -0.15) is 5.10 Å². The molecule has 174 valence electrons. The van der Waals surface area contributed by atoms with E-state index < -0.39 is 5.97 Å². The molecule has 0 saturated heterocycles. The SMILES string of the molecule is CCOC(=O)CC(=O)CSc1c(Cc2ccccc2)c(C)nc2c(-c3ccccc3)c(C)nn12. The molecule has 0 aliphatic heterocycles. The van der Waals surface area contributed by atoms with E-state index in [0.717, 1.165) is 44.3 Å². The fourth-order valence-corrected chi connectivity index (χ4v) is 4.98. The average Bonchev–Trinajstić information content (AvgIpc) is 3.15. The number of hydrogen-bond acceptors (Lipinski definition) is 6. The van der Waals surface area contributed by atoms with Crippen molar-refractivity contribution in [1.82, 2.24) is 14.6 Å². The van der Waals surface area contributed by atoms with Gasteiger partial charge in [0.2, 0.25) is 0 Å². The van der Waals surface area contributed by atoms with Gasteiger partial charge in [-0.25, -0.2) is 9.50 Å². The number of ketones is 1. The molecule has 0 saturated carbocycles. The zero-order valence-electron chi connectivity index (χ0n) is 19.6. The second-order valence-corrected chi connectivity index (χ2v) is 8.98. The molecule has 0 N–H and O–H groups in total. The lowest BCUT2D eigenvalue weighted by Crippen LogP contribution is -2.14. The molecule has 4 rings (SSSR count). The number of rotatable bonds is 9. The van der Waals surface area contributed by atoms with E-state index in [1.165, 1.54) is 11.8 Å². The number of hydrogen-bond donors (Lipinski definition) is 0. The summed E-state index contributed by atoms with van der Waals surface area (Å²) >= 11 is 1.40. The maximum atomic E-state index is 12.5. The van der Waals surface area contributed by atoms with Crippen LogP contribution < -0.4 is 0 Å². The molecule has 6 nitrogen and oxygen atoms in total. The Balaban J connectivity index is 1.78. The number of fused-ring (bicyclic) bond motifs is 1. The second kappa shape index (κ2) is 10.7. The summed E-state index contributed by atoms with van der Waals surface area (Å²) in [5, 5.41) is 5.70. The zero-order chi connectivity index (χ0) is 24.1. The van der Waals surface area contributed by atoms with Crippen molar-refractivity contribution in [1.29, 1.82) is 0 Å². The van der Waals surface area contributed by atoms with Crippen molar-refractivity contribution >= 4 is 29.2 Å². The van der Waals surface area contributed by atoms with Gasteiger partial charge in [-0.3, -0.25) is 9.59 Å². The number of nitrogens with zero attached hydrogens (tertiary/aromatic N) is 3. The summed E-state index contributed by atoms with van der Waals surface area (Å²) < 4.78 is 6.78. The minimum absolute atomic E-state index is 0.152. The van der Waals surface area contributed by atoms with Gasteiger partial charge in [0, 0.05) is 23.2 Å². The number of carbonyl (C=O) groups is 2. The maximum absolute atomic E-state index is 12.5. The molecule has 2 aromatic carbocycles. The second-order valence-electron chi connectivity index (χ2n) is 8.01. The Morgan fingerprint density at radius 3 is 2.32 bits per heavy atom. The standard InChI is InChI=1S/C27H27N3O3S/c1-4-33-24(32)16-22(31)17-34-27-23(15-20-11-7-5-8-12-20)18(2)28-26-25(19(3)29-30(26)27)21-13-9-6-10-14-21/h5-14H,4,15-17H2,1-3H3. The minimum atomic E-state index is -0.491. The number of Topliss-reactive ketones (excluding diaryl/α,β-unsaturated/α-hetero) is 1. The van der Waals surface area contributed by atoms with Crippen LogP contribution in [0.1, 0.15) is 35.9 Å². The lowest BCUT2D eigenvalue weighted by Gasteiger charge is -2.14. The van der Waals surface area contributed by atoms with Crippen LogP contribution in [0.2, 0.25) is 0 Å². The summed E-state index contributed by atoms with van der Waals surface area (Å²) in [4.78, 5) is 29.2. The molecule has 7 heteroatoms. The van der Waals surface area contributed by atoms with E-state index in [2.05, 4.69) is 24.3 Å². The van der Waals surface area contributed by atoms with Crippen LogP contribution in [0.4, 0.5) is 0 Å². The van der Waals surface area contributed by atoms with Crippen LogP contribution in [0.25, 0.3) is 16.8 Å². The third kappa shape index (κ3) is 5.20. The van der Waals surface area contributed by atoms with Crippen molar-refractivity contribution in [3.63, 3.8) is 0 Å². The molecule has 0 amide bonds. The Bertz CT molecular complexity index is 1320. The first-order chi connectivity index (χ1) is 16.5. The fraction of sp³-hybridized carbons (Fsp3) is 0.259. The van der Waals surface area contributed by atoms with Crippen LogP contribution in [0.15, 0.2) is 65.7 Å². The van der Waals surface area contributed by atoms with Gasteiger partial charge in [0.1, 0.15) is 11.4 Å². The van der Waals surface area contributed by atoms with Gasteiger partial charge in [-0.05, 0) is 31.9 Å². The van der Waals surface area contributed by atoms with Crippen LogP contribution in [0, 0.1) is 13.8 Å². The first kappa shape index (κ1) is 23.7. The quantitative estimate of drug-likeness (QED) is 0.144. The van der Waals surface area contributed by atoms with Gasteiger partial charge < -0.3 is 4.74 Å². The van der Waals surface area contributed by atoms with Gasteiger partial charge in [0.05, 0.1) is 18.1 Å². The summed E-state index contributed by atoms with van der Waals surface area (Å²) in [6.07, 6.45) is 0.444. The van der Waals surface area contributed by atoms with Gasteiger partial charge in [0.15, 0.2) is 11.4 Å². The number of carbonyl (C=O) groups excluding carboxylic acids is 2. The van der Waals surface area contributed by atoms with Crippen molar-refractivity contribution in [2.24, 2.45) is 0 Å². The number of aryl methyl sites for hydroxylation is 2. The summed E-state index contributed by atoms with van der Waals surface area (Å²) in [7, 11) is 0. The van der Waals surface area contributed by atoms with Gasteiger partial charge in [-0.15, -0.1) is 0 Å². The van der Waals surface area contributed by atoms with E-state index in [0.29, 0.717) is 6.42 Å². The van der Waals surface area contributed by atoms with Gasteiger partial charge in [0.25, 0.3) is 0 Å². The van der Waals surface area contributed by atoms with Crippen LogP contribution in [-0.2, 0) is 20.7 Å². The lowest BCUT2D eigenvalue weighted by atomic mass is 10.0. The number of aromatic nitrogens is 3. The van der Waals surface area contributed by atoms with Gasteiger partial charge >= 0.3 is 5.97 Å². The Morgan fingerprint density at radius 2 is 1.65 bits per heavy atom. The normalized spacial score (nSPS) is 11.0. The molecule has 34 heavy (non-hydrogen) atoms. The topological polar surface area (TPSA) is 73.6 Å². The number of benzene rings is 2. The minimum Gasteiger partial charge on any atom is -0.466 e. The van der Waals surface area contributed by atoms with E-state index in [9.17, 15) is 9.59 Å². The molecule has 0 bridgehead atoms. The highest BCUT2D eigenvalue weighted by Crippen LogP contribution is 2.33. The molecule has 0 fully saturated rings. The van der Waals surface area contributed by atoms with Crippen molar-refractivity contribution in [2.45, 2.75) is 38.6 Å². The van der Waals surface area contributed by atoms with Crippen LogP contribution in [0.3, 0.4) is 0 Å².